The number of alkyl carbamates (subject to hydrolysis) is 1. The molecule has 3 rings (SSSR count). The highest BCUT2D eigenvalue weighted by Gasteiger charge is 2.23. The van der Waals surface area contributed by atoms with E-state index in [0.717, 1.165) is 0 Å². The number of halogens is 1. The van der Waals surface area contributed by atoms with Crippen molar-refractivity contribution in [2.45, 2.75) is 39.3 Å². The lowest BCUT2D eigenvalue weighted by Gasteiger charge is -2.21. The number of carbonyl (C=O) groups excluding carboxylic acids is 2. The van der Waals surface area contributed by atoms with Crippen LogP contribution in [-0.2, 0) is 9.53 Å². The minimum atomic E-state index is -0.952. The van der Waals surface area contributed by atoms with Crippen molar-refractivity contribution in [3.05, 3.63) is 57.7 Å². The van der Waals surface area contributed by atoms with Crippen molar-refractivity contribution in [2.75, 3.05) is 5.32 Å². The molecule has 0 saturated carbocycles. The molecule has 3 N–H and O–H groups in total. The molecule has 1 aromatic heterocycles. The molecule has 2 aromatic carbocycles. The van der Waals surface area contributed by atoms with Gasteiger partial charge in [-0.2, -0.15) is 0 Å². The quantitative estimate of drug-likeness (QED) is 0.489. The molecule has 9 heteroatoms. The highest BCUT2D eigenvalue weighted by Crippen LogP contribution is 2.34. The molecular formula is C23H23ClN2O6. The third kappa shape index (κ3) is 5.20. The minimum Gasteiger partial charge on any atom is -0.507 e. The first-order chi connectivity index (χ1) is 15.0. The second-order valence-electron chi connectivity index (χ2n) is 8.15. The van der Waals surface area contributed by atoms with Crippen LogP contribution in [-0.4, -0.2) is 28.7 Å². The van der Waals surface area contributed by atoms with Crippen molar-refractivity contribution in [1.82, 2.24) is 5.32 Å². The number of anilines is 1. The summed E-state index contributed by atoms with van der Waals surface area (Å²) in [5.41, 5.74) is -0.619. The number of phenols is 1. The zero-order valence-corrected chi connectivity index (χ0v) is 18.7. The van der Waals surface area contributed by atoms with Crippen LogP contribution in [0.5, 0.6) is 5.75 Å². The van der Waals surface area contributed by atoms with Crippen LogP contribution >= 0.6 is 11.6 Å². The van der Waals surface area contributed by atoms with Crippen molar-refractivity contribution in [1.29, 1.82) is 0 Å². The number of fused-ring (bicyclic) bond motifs is 1. The van der Waals surface area contributed by atoms with E-state index in [1.165, 1.54) is 25.1 Å². The zero-order chi connectivity index (χ0) is 23.6. The van der Waals surface area contributed by atoms with Crippen molar-refractivity contribution in [3.63, 3.8) is 0 Å². The number of carbonyl (C=O) groups is 2. The number of aromatic hydroxyl groups is 1. The topological polar surface area (TPSA) is 118 Å². The Morgan fingerprint density at radius 2 is 1.84 bits per heavy atom. The van der Waals surface area contributed by atoms with Gasteiger partial charge in [-0.1, -0.05) is 23.7 Å². The highest BCUT2D eigenvalue weighted by molar-refractivity contribution is 6.33. The SMILES string of the molecule is C[C@H](NC(=O)OC(C)(C)C)C(=O)Nc1ccc(O)c2c(=O)cc(-c3ccccc3Cl)oc12. The van der Waals surface area contributed by atoms with Crippen LogP contribution < -0.4 is 16.1 Å². The molecule has 32 heavy (non-hydrogen) atoms. The summed E-state index contributed by atoms with van der Waals surface area (Å²) >= 11 is 6.22. The molecule has 0 aliphatic rings. The summed E-state index contributed by atoms with van der Waals surface area (Å²) in [7, 11) is 0. The van der Waals surface area contributed by atoms with E-state index in [1.807, 2.05) is 0 Å². The molecule has 0 fully saturated rings. The summed E-state index contributed by atoms with van der Waals surface area (Å²) in [6, 6.07) is 9.75. The van der Waals surface area contributed by atoms with Gasteiger partial charge in [0.1, 0.15) is 28.5 Å². The van der Waals surface area contributed by atoms with Gasteiger partial charge in [-0.05, 0) is 52.0 Å². The van der Waals surface area contributed by atoms with E-state index in [4.69, 9.17) is 20.8 Å². The van der Waals surface area contributed by atoms with Gasteiger partial charge < -0.3 is 24.9 Å². The van der Waals surface area contributed by atoms with Crippen molar-refractivity contribution >= 4 is 40.3 Å². The summed E-state index contributed by atoms with van der Waals surface area (Å²) in [6.07, 6.45) is -0.747. The third-order valence-corrected chi connectivity index (χ3v) is 4.71. The number of ether oxygens (including phenoxy) is 1. The smallest absolute Gasteiger partial charge is 0.408 e. The van der Waals surface area contributed by atoms with Crippen LogP contribution in [0.2, 0.25) is 5.02 Å². The second kappa shape index (κ2) is 8.92. The van der Waals surface area contributed by atoms with Crippen molar-refractivity contribution in [3.8, 4) is 17.1 Å². The summed E-state index contributed by atoms with van der Waals surface area (Å²) in [5.74, 6) is -0.694. The predicted molar refractivity (Wildman–Crippen MR) is 122 cm³/mol. The van der Waals surface area contributed by atoms with E-state index in [2.05, 4.69) is 10.6 Å². The monoisotopic (exact) mass is 458 g/mol. The van der Waals surface area contributed by atoms with Gasteiger partial charge in [0, 0.05) is 11.6 Å². The van der Waals surface area contributed by atoms with Crippen molar-refractivity contribution in [2.24, 2.45) is 0 Å². The van der Waals surface area contributed by atoms with Crippen LogP contribution in [0.3, 0.4) is 0 Å². The number of benzene rings is 2. The molecule has 1 atom stereocenters. The molecule has 0 unspecified atom stereocenters. The number of nitrogens with one attached hydrogen (secondary N) is 2. The van der Waals surface area contributed by atoms with Gasteiger partial charge in [-0.15, -0.1) is 0 Å². The summed E-state index contributed by atoms with van der Waals surface area (Å²) in [6.45, 7) is 6.60. The molecule has 168 valence electrons. The molecule has 0 aliphatic carbocycles. The Labute approximate surface area is 189 Å². The molecular weight excluding hydrogens is 436 g/mol. The average Bonchev–Trinajstić information content (AvgIpc) is 2.68. The van der Waals surface area contributed by atoms with Gasteiger partial charge in [-0.3, -0.25) is 9.59 Å². The van der Waals surface area contributed by atoms with Gasteiger partial charge >= 0.3 is 6.09 Å². The van der Waals surface area contributed by atoms with Crippen LogP contribution in [0.25, 0.3) is 22.3 Å². The van der Waals surface area contributed by atoms with Gasteiger partial charge in [0.05, 0.1) is 10.7 Å². The fraction of sp³-hybridized carbons (Fsp3) is 0.261. The lowest BCUT2D eigenvalue weighted by atomic mass is 10.1. The normalized spacial score (nSPS) is 12.3. The fourth-order valence-corrected chi connectivity index (χ4v) is 3.16. The maximum absolute atomic E-state index is 12.7. The number of phenolic OH excluding ortho intramolecular Hbond substituents is 1. The molecule has 8 nitrogen and oxygen atoms in total. The number of hydrogen-bond donors (Lipinski definition) is 3. The first-order valence-corrected chi connectivity index (χ1v) is 10.2. The Hall–Kier alpha value is -3.52. The number of rotatable bonds is 4. The molecule has 2 amide bonds. The predicted octanol–water partition coefficient (Wildman–Crippen LogP) is 4.67. The van der Waals surface area contributed by atoms with E-state index in [-0.39, 0.29) is 28.2 Å². The van der Waals surface area contributed by atoms with Crippen LogP contribution in [0.4, 0.5) is 10.5 Å². The second-order valence-corrected chi connectivity index (χ2v) is 8.56. The third-order valence-electron chi connectivity index (χ3n) is 4.38. The maximum Gasteiger partial charge on any atom is 0.408 e. The number of hydrogen-bond acceptors (Lipinski definition) is 6. The molecule has 1 heterocycles. The average molecular weight is 459 g/mol. The number of amides is 2. The standard InChI is InChI=1S/C23H23ClN2O6/c1-12(25-22(30)32-23(2,3)4)21(29)26-15-9-10-16(27)19-17(28)11-18(31-20(15)19)13-7-5-6-8-14(13)24/h5-12,27H,1-4H3,(H,25,30)(H,26,29)/t12-/m0/s1. The van der Waals surface area contributed by atoms with E-state index < -0.39 is 29.1 Å². The Morgan fingerprint density at radius 3 is 2.50 bits per heavy atom. The van der Waals surface area contributed by atoms with E-state index in [0.29, 0.717) is 10.6 Å². The Kier molecular flexibility index (Phi) is 6.45. The largest absolute Gasteiger partial charge is 0.507 e. The highest BCUT2D eigenvalue weighted by atomic mass is 35.5. The fourth-order valence-electron chi connectivity index (χ4n) is 2.93. The summed E-state index contributed by atoms with van der Waals surface area (Å²) in [4.78, 5) is 37.3. The first-order valence-electron chi connectivity index (χ1n) is 9.81. The molecule has 0 bridgehead atoms. The van der Waals surface area contributed by atoms with Gasteiger partial charge in [0.2, 0.25) is 5.91 Å². The molecule has 0 saturated heterocycles. The minimum absolute atomic E-state index is 0.0229. The Bertz CT molecular complexity index is 1250. The zero-order valence-electron chi connectivity index (χ0n) is 18.0. The molecule has 0 radical (unpaired) electrons. The molecule has 3 aromatic rings. The van der Waals surface area contributed by atoms with Crippen molar-refractivity contribution < 1.29 is 23.8 Å². The molecule has 0 spiro atoms. The van der Waals surface area contributed by atoms with Crippen LogP contribution in [0.15, 0.2) is 51.7 Å². The van der Waals surface area contributed by atoms with E-state index in [1.54, 1.807) is 45.0 Å². The van der Waals surface area contributed by atoms with Gasteiger partial charge in [0.15, 0.2) is 11.0 Å². The molecule has 0 aliphatic heterocycles. The van der Waals surface area contributed by atoms with E-state index in [9.17, 15) is 19.5 Å². The maximum atomic E-state index is 12.7. The van der Waals surface area contributed by atoms with Gasteiger partial charge in [0.25, 0.3) is 0 Å². The van der Waals surface area contributed by atoms with E-state index >= 15 is 0 Å². The van der Waals surface area contributed by atoms with Gasteiger partial charge in [-0.25, -0.2) is 4.79 Å². The summed E-state index contributed by atoms with van der Waals surface area (Å²) in [5, 5.41) is 15.5. The Balaban J connectivity index is 1.96. The lowest BCUT2D eigenvalue weighted by Crippen LogP contribution is -2.44. The van der Waals surface area contributed by atoms with Crippen LogP contribution in [0.1, 0.15) is 27.7 Å². The van der Waals surface area contributed by atoms with Crippen LogP contribution in [0, 0.1) is 0 Å². The first kappa shape index (κ1) is 23.1. The Morgan fingerprint density at radius 1 is 1.16 bits per heavy atom. The lowest BCUT2D eigenvalue weighted by molar-refractivity contribution is -0.117. The summed E-state index contributed by atoms with van der Waals surface area (Å²) < 4.78 is 11.0.